The second-order valence-electron chi connectivity index (χ2n) is 14.9. The van der Waals surface area contributed by atoms with Crippen LogP contribution in [0.4, 0.5) is 0 Å². The van der Waals surface area contributed by atoms with E-state index in [1.807, 2.05) is 39.0 Å². The van der Waals surface area contributed by atoms with E-state index < -0.39 is 5.97 Å². The first-order valence-corrected chi connectivity index (χ1v) is 20.0. The zero-order valence-electron chi connectivity index (χ0n) is 34.1. The Balaban J connectivity index is 1.77. The second kappa shape index (κ2) is 18.6. The maximum Gasteiger partial charge on any atom is 0.341 e. The summed E-state index contributed by atoms with van der Waals surface area (Å²) in [6.07, 6.45) is 12.4. The van der Waals surface area contributed by atoms with Gasteiger partial charge >= 0.3 is 11.9 Å². The minimum absolute atomic E-state index is 0.125. The Labute approximate surface area is 325 Å². The summed E-state index contributed by atoms with van der Waals surface area (Å²) in [5, 5.41) is 3.14. The molecule has 10 nitrogen and oxygen atoms in total. The molecule has 5 rings (SSSR count). The van der Waals surface area contributed by atoms with Crippen LogP contribution < -0.4 is 5.32 Å². The van der Waals surface area contributed by atoms with Crippen molar-refractivity contribution in [2.24, 2.45) is 0 Å². The number of methoxy groups -OCH3 is 2. The zero-order valence-corrected chi connectivity index (χ0v) is 34.1. The number of fused-ring (bicyclic) bond motifs is 8. The summed E-state index contributed by atoms with van der Waals surface area (Å²) < 4.78 is 10.5. The molecule has 294 valence electrons. The number of amides is 1. The van der Waals surface area contributed by atoms with Crippen LogP contribution in [-0.2, 0) is 25.5 Å². The van der Waals surface area contributed by atoms with E-state index in [2.05, 4.69) is 48.7 Å². The van der Waals surface area contributed by atoms with Crippen molar-refractivity contribution in [3.05, 3.63) is 75.4 Å². The fourth-order valence-electron chi connectivity index (χ4n) is 8.08. The Morgan fingerprint density at radius 3 is 2.18 bits per heavy atom. The van der Waals surface area contributed by atoms with E-state index in [1.165, 1.54) is 46.3 Å². The number of aromatic amines is 2. The fourth-order valence-corrected chi connectivity index (χ4v) is 8.08. The van der Waals surface area contributed by atoms with Crippen molar-refractivity contribution in [1.29, 1.82) is 0 Å². The standard InChI is InChI=1S/C45H59N5O5/c1-10-13-14-15-16-17-18-19-22-46-44(52)40-29(7)36-25-38-31(12-3)27(5)34(48-38)24-37-30(11-2)26(4)33(47-37)23-35-28(6)32(20-21-39(51)54-8)42(49-35)41(43(40)50-36)45(53)55-9/h11,23-25,28,32,47-48H,2,10,12-22H2,1,3-9H3,(H,46,52)/t28-,32-/m0/s1. The van der Waals surface area contributed by atoms with Gasteiger partial charge in [-0.15, -0.1) is 0 Å². The van der Waals surface area contributed by atoms with Crippen molar-refractivity contribution in [2.45, 2.75) is 124 Å². The molecule has 0 unspecified atom stereocenters. The molecular formula is C45H59N5O5. The lowest BCUT2D eigenvalue weighted by Crippen LogP contribution is -2.26. The van der Waals surface area contributed by atoms with Crippen molar-refractivity contribution in [2.75, 3.05) is 20.8 Å². The Kier molecular flexibility index (Phi) is 13.9. The monoisotopic (exact) mass is 749 g/mol. The first-order valence-electron chi connectivity index (χ1n) is 20.0. The molecule has 3 N–H and O–H groups in total. The van der Waals surface area contributed by atoms with Crippen LogP contribution >= 0.6 is 0 Å². The molecule has 55 heavy (non-hydrogen) atoms. The number of nitrogens with zero attached hydrogens (tertiary/aromatic N) is 2. The van der Waals surface area contributed by atoms with Crippen LogP contribution in [0.25, 0.3) is 39.3 Å². The minimum Gasteiger partial charge on any atom is -0.469 e. The number of aromatic nitrogens is 4. The molecular weight excluding hydrogens is 691 g/mol. The predicted molar refractivity (Wildman–Crippen MR) is 222 cm³/mol. The average Bonchev–Trinajstić information content (AvgIpc) is 3.85. The third-order valence-electron chi connectivity index (χ3n) is 11.4. The fraction of sp³-hybridized carbons (Fsp3) is 0.489. The van der Waals surface area contributed by atoms with Gasteiger partial charge in [-0.05, 0) is 80.5 Å². The minimum atomic E-state index is -0.647. The largest absolute Gasteiger partial charge is 0.469 e. The number of aryl methyl sites for hydroxylation is 3. The normalized spacial score (nSPS) is 15.3. The number of hydrogen-bond donors (Lipinski definition) is 3. The molecule has 0 radical (unpaired) electrons. The molecule has 5 heterocycles. The van der Waals surface area contributed by atoms with Crippen LogP contribution in [0.2, 0.25) is 0 Å². The van der Waals surface area contributed by atoms with Gasteiger partial charge in [-0.2, -0.15) is 0 Å². The van der Waals surface area contributed by atoms with Crippen molar-refractivity contribution in [3.63, 3.8) is 0 Å². The molecule has 2 aliphatic rings. The highest BCUT2D eigenvalue weighted by Crippen LogP contribution is 2.44. The van der Waals surface area contributed by atoms with Crippen molar-refractivity contribution in [3.8, 4) is 0 Å². The van der Waals surface area contributed by atoms with Crippen molar-refractivity contribution >= 4 is 57.1 Å². The van der Waals surface area contributed by atoms with Gasteiger partial charge < -0.3 is 24.8 Å². The summed E-state index contributed by atoms with van der Waals surface area (Å²) in [7, 11) is 2.69. The number of rotatable bonds is 16. The van der Waals surface area contributed by atoms with Crippen LogP contribution in [0.3, 0.4) is 0 Å². The molecule has 1 amide bonds. The van der Waals surface area contributed by atoms with Crippen LogP contribution in [0.15, 0.2) is 24.8 Å². The van der Waals surface area contributed by atoms with Crippen LogP contribution in [0.5, 0.6) is 0 Å². The number of esters is 2. The number of allylic oxidation sites excluding steroid dienone is 1. The SMILES string of the molecule is C=Cc1c(C)c2cc3nc(c(C(=O)OC)c4nc(cc5[nH]c(cc1[nH]2)c(C)c5CC)C(C)=C4C(=O)NCCCCCCCCCC)[C@@H](CCC(=O)OC)[C@@H]3C. The number of hydrogen-bond acceptors (Lipinski definition) is 7. The average molecular weight is 750 g/mol. The topological polar surface area (TPSA) is 139 Å². The molecule has 3 aromatic heterocycles. The third kappa shape index (κ3) is 8.79. The summed E-state index contributed by atoms with van der Waals surface area (Å²) in [6, 6.07) is 6.09. The molecule has 0 aromatic carbocycles. The van der Waals surface area contributed by atoms with Gasteiger partial charge in [0.15, 0.2) is 0 Å². The van der Waals surface area contributed by atoms with Gasteiger partial charge in [0.1, 0.15) is 5.56 Å². The van der Waals surface area contributed by atoms with E-state index in [0.717, 1.165) is 75.7 Å². The van der Waals surface area contributed by atoms with Crippen LogP contribution in [0.1, 0.15) is 159 Å². The third-order valence-corrected chi connectivity index (χ3v) is 11.4. The number of ether oxygens (including phenoxy) is 2. The number of carbonyl (C=O) groups is 3. The van der Waals surface area contributed by atoms with Gasteiger partial charge in [-0.3, -0.25) is 14.6 Å². The maximum absolute atomic E-state index is 14.3. The molecule has 3 aromatic rings. The van der Waals surface area contributed by atoms with Gasteiger partial charge in [0.2, 0.25) is 0 Å². The molecule has 8 bridgehead atoms. The smallest absolute Gasteiger partial charge is 0.341 e. The van der Waals surface area contributed by atoms with Gasteiger partial charge in [0.25, 0.3) is 5.91 Å². The highest BCUT2D eigenvalue weighted by Gasteiger charge is 2.37. The van der Waals surface area contributed by atoms with E-state index in [4.69, 9.17) is 19.4 Å². The molecule has 0 aliphatic carbocycles. The van der Waals surface area contributed by atoms with E-state index in [0.29, 0.717) is 35.5 Å². The van der Waals surface area contributed by atoms with Crippen LogP contribution in [-0.4, -0.2) is 58.5 Å². The summed E-state index contributed by atoms with van der Waals surface area (Å²) in [6.45, 7) is 17.0. The molecule has 0 saturated carbocycles. The van der Waals surface area contributed by atoms with E-state index in [-0.39, 0.29) is 41.4 Å². The first-order chi connectivity index (χ1) is 26.5. The summed E-state index contributed by atoms with van der Waals surface area (Å²) in [4.78, 5) is 58.3. The Morgan fingerprint density at radius 1 is 0.855 bits per heavy atom. The van der Waals surface area contributed by atoms with Gasteiger partial charge in [0, 0.05) is 58.1 Å². The second-order valence-corrected chi connectivity index (χ2v) is 14.9. The number of carbonyl (C=O) groups excluding carboxylic acids is 3. The molecule has 10 heteroatoms. The lowest BCUT2D eigenvalue weighted by molar-refractivity contribution is -0.140. The zero-order chi connectivity index (χ0) is 39.8. The highest BCUT2D eigenvalue weighted by atomic mass is 16.5. The van der Waals surface area contributed by atoms with Gasteiger partial charge in [-0.25, -0.2) is 9.78 Å². The van der Waals surface area contributed by atoms with E-state index in [1.54, 1.807) is 0 Å². The molecule has 0 spiro atoms. The molecule has 0 saturated heterocycles. The lowest BCUT2D eigenvalue weighted by Gasteiger charge is -2.18. The summed E-state index contributed by atoms with van der Waals surface area (Å²) in [5.74, 6) is -1.86. The van der Waals surface area contributed by atoms with E-state index >= 15 is 0 Å². The first kappa shape index (κ1) is 41.2. The van der Waals surface area contributed by atoms with E-state index in [9.17, 15) is 14.4 Å². The van der Waals surface area contributed by atoms with Gasteiger partial charge in [0.05, 0.1) is 36.9 Å². The number of nitrogens with one attached hydrogen (secondary N) is 3. The Morgan fingerprint density at radius 2 is 1.53 bits per heavy atom. The van der Waals surface area contributed by atoms with Crippen LogP contribution in [0, 0.1) is 13.8 Å². The number of unbranched alkanes of at least 4 members (excludes halogenated alkanes) is 7. The summed E-state index contributed by atoms with van der Waals surface area (Å²) in [5.41, 5.74) is 10.9. The maximum atomic E-state index is 14.3. The highest BCUT2D eigenvalue weighted by molar-refractivity contribution is 6.28. The molecule has 0 fully saturated rings. The summed E-state index contributed by atoms with van der Waals surface area (Å²) >= 11 is 0. The lowest BCUT2D eigenvalue weighted by atomic mass is 9.85. The quantitative estimate of drug-likeness (QED) is 0.0979. The Hall–Kier alpha value is -4.99. The predicted octanol–water partition coefficient (Wildman–Crippen LogP) is 9.95. The van der Waals surface area contributed by atoms with Gasteiger partial charge in [-0.1, -0.05) is 78.4 Å². The number of H-pyrrole nitrogens is 2. The van der Waals surface area contributed by atoms with Crippen molar-refractivity contribution < 1.29 is 23.9 Å². The Bertz CT molecular complexity index is 2140. The molecule has 2 aliphatic heterocycles. The molecule has 2 atom stereocenters. The van der Waals surface area contributed by atoms with Crippen molar-refractivity contribution in [1.82, 2.24) is 25.3 Å².